The molecule has 2 aliphatic rings. The van der Waals surface area contributed by atoms with Gasteiger partial charge in [0, 0.05) is 74.2 Å². The van der Waals surface area contributed by atoms with Crippen LogP contribution >= 0.6 is 0 Å². The second-order valence-electron chi connectivity index (χ2n) is 18.4. The van der Waals surface area contributed by atoms with Crippen molar-refractivity contribution in [1.29, 1.82) is 0 Å². The summed E-state index contributed by atoms with van der Waals surface area (Å²) in [6.07, 6.45) is 2.34. The standard InChI is InChI=1S/C60H44N3O/c1-60(2,3)41-28-29-61-54(35-41)57-49-36-46(62(42-16-8-4-9-17-42)43-18-10-5-11-19-43)25-24-38(49)30-52-50-31-39-32-51-48-27-26-47(63(44-20-12-6-13-21-44)45-22-14-7-15-23-45)37-56(48)64-55(51)34-40(39)33-53(50)59(61)58(52)57/h4-37,59H,1-3H3/q+1. The van der Waals surface area contributed by atoms with Crippen LogP contribution in [-0.2, 0) is 5.41 Å². The van der Waals surface area contributed by atoms with E-state index >= 15 is 0 Å². The fourth-order valence-corrected chi connectivity index (χ4v) is 10.5. The maximum absolute atomic E-state index is 6.78. The summed E-state index contributed by atoms with van der Waals surface area (Å²) >= 11 is 0. The third-order valence-electron chi connectivity index (χ3n) is 13.6. The lowest BCUT2D eigenvalue weighted by molar-refractivity contribution is -0.688. The number of hydrogen-bond donors (Lipinski definition) is 0. The number of rotatable bonds is 6. The molecule has 2 aromatic heterocycles. The largest absolute Gasteiger partial charge is 0.456 e. The first-order valence-corrected chi connectivity index (χ1v) is 22.3. The molecular weight excluding hydrogens is 779 g/mol. The summed E-state index contributed by atoms with van der Waals surface area (Å²) in [6, 6.07) is 72.9. The molecule has 11 aromatic rings. The number of fused-ring (bicyclic) bond motifs is 12. The van der Waals surface area contributed by atoms with Gasteiger partial charge in [-0.05, 0) is 147 Å². The van der Waals surface area contributed by atoms with E-state index in [0.717, 1.165) is 56.1 Å². The molecule has 9 aromatic carbocycles. The minimum absolute atomic E-state index is 0.00214. The molecule has 13 rings (SSSR count). The van der Waals surface area contributed by atoms with Crippen molar-refractivity contribution in [2.24, 2.45) is 0 Å². The van der Waals surface area contributed by atoms with E-state index < -0.39 is 0 Å². The van der Waals surface area contributed by atoms with Crippen molar-refractivity contribution in [1.82, 2.24) is 0 Å². The molecule has 0 spiro atoms. The Hall–Kier alpha value is -7.95. The van der Waals surface area contributed by atoms with Gasteiger partial charge in [-0.1, -0.05) is 99.6 Å². The molecule has 1 aliphatic heterocycles. The smallest absolute Gasteiger partial charge is 0.214 e. The molecular formula is C60H44N3O+. The molecule has 1 unspecified atom stereocenters. The molecule has 1 atom stereocenters. The summed E-state index contributed by atoms with van der Waals surface area (Å²) in [4.78, 5) is 4.66. The van der Waals surface area contributed by atoms with Crippen LogP contribution in [0.1, 0.15) is 43.5 Å². The van der Waals surface area contributed by atoms with E-state index in [0.29, 0.717) is 0 Å². The lowest BCUT2D eigenvalue weighted by Crippen LogP contribution is -2.38. The number of pyridine rings is 1. The van der Waals surface area contributed by atoms with Gasteiger partial charge in [0.25, 0.3) is 0 Å². The van der Waals surface area contributed by atoms with Gasteiger partial charge in [-0.2, -0.15) is 4.57 Å². The Morgan fingerprint density at radius 1 is 0.438 bits per heavy atom. The highest BCUT2D eigenvalue weighted by Gasteiger charge is 2.47. The van der Waals surface area contributed by atoms with Crippen molar-refractivity contribution in [3.8, 4) is 22.4 Å². The van der Waals surface area contributed by atoms with Crippen molar-refractivity contribution in [2.45, 2.75) is 32.2 Å². The van der Waals surface area contributed by atoms with Crippen LogP contribution in [0.15, 0.2) is 211 Å². The van der Waals surface area contributed by atoms with Gasteiger partial charge in [-0.15, -0.1) is 0 Å². The Balaban J connectivity index is 0.991. The fraction of sp³-hybridized carbons (Fsp3) is 0.0833. The summed E-state index contributed by atoms with van der Waals surface area (Å²) in [7, 11) is 0. The molecule has 304 valence electrons. The number of furan rings is 1. The van der Waals surface area contributed by atoms with E-state index in [2.05, 4.69) is 242 Å². The van der Waals surface area contributed by atoms with Gasteiger partial charge < -0.3 is 14.2 Å². The summed E-state index contributed by atoms with van der Waals surface area (Å²) in [5.41, 5.74) is 17.7. The second-order valence-corrected chi connectivity index (χ2v) is 18.4. The number of aromatic nitrogens is 1. The highest BCUT2D eigenvalue weighted by Crippen LogP contribution is 2.55. The van der Waals surface area contributed by atoms with E-state index in [-0.39, 0.29) is 11.5 Å². The number of anilines is 6. The SMILES string of the molecule is CC(C)(C)c1cc[n+]2c(c1)-c1c3c(cc4ccc(N(c5ccccc5)c5ccccc5)cc14)-c1cc4cc5c(cc4cc1C32)oc1cc(N(c2ccccc2)c2ccccc2)ccc15. The Morgan fingerprint density at radius 3 is 1.59 bits per heavy atom. The molecule has 0 radical (unpaired) electrons. The molecule has 64 heavy (non-hydrogen) atoms. The van der Waals surface area contributed by atoms with Crippen LogP contribution in [0, 0.1) is 0 Å². The van der Waals surface area contributed by atoms with Crippen LogP contribution < -0.4 is 14.4 Å². The summed E-state index contributed by atoms with van der Waals surface area (Å²) in [5.74, 6) is 0. The predicted molar refractivity (Wildman–Crippen MR) is 265 cm³/mol. The molecule has 0 saturated heterocycles. The zero-order chi connectivity index (χ0) is 42.7. The van der Waals surface area contributed by atoms with Crippen molar-refractivity contribution in [3.05, 3.63) is 223 Å². The van der Waals surface area contributed by atoms with Gasteiger partial charge >= 0.3 is 0 Å². The molecule has 3 heterocycles. The molecule has 1 aliphatic carbocycles. The average Bonchev–Trinajstić information content (AvgIpc) is 3.97. The van der Waals surface area contributed by atoms with E-state index in [9.17, 15) is 0 Å². The zero-order valence-electron chi connectivity index (χ0n) is 36.0. The molecule has 0 amide bonds. The van der Waals surface area contributed by atoms with E-state index in [4.69, 9.17) is 4.42 Å². The van der Waals surface area contributed by atoms with E-state index in [1.165, 1.54) is 60.6 Å². The molecule has 0 fully saturated rings. The van der Waals surface area contributed by atoms with Crippen LogP contribution in [0.2, 0.25) is 0 Å². The monoisotopic (exact) mass is 822 g/mol. The molecule has 0 saturated carbocycles. The van der Waals surface area contributed by atoms with Crippen LogP contribution in [0.4, 0.5) is 34.1 Å². The Labute approximate surface area is 372 Å². The van der Waals surface area contributed by atoms with E-state index in [1.807, 2.05) is 0 Å². The highest BCUT2D eigenvalue weighted by atomic mass is 16.3. The lowest BCUT2D eigenvalue weighted by atomic mass is 9.86. The van der Waals surface area contributed by atoms with Gasteiger partial charge in [-0.25, -0.2) is 0 Å². The zero-order valence-corrected chi connectivity index (χ0v) is 36.0. The average molecular weight is 823 g/mol. The minimum Gasteiger partial charge on any atom is -0.456 e. The van der Waals surface area contributed by atoms with Crippen LogP contribution in [0.3, 0.4) is 0 Å². The molecule has 4 heteroatoms. The minimum atomic E-state index is 0.00214. The maximum Gasteiger partial charge on any atom is 0.214 e. The predicted octanol–water partition coefficient (Wildman–Crippen LogP) is 16.0. The van der Waals surface area contributed by atoms with E-state index in [1.54, 1.807) is 0 Å². The first-order chi connectivity index (χ1) is 31.4. The van der Waals surface area contributed by atoms with Crippen LogP contribution in [0.5, 0.6) is 0 Å². The lowest BCUT2D eigenvalue weighted by Gasteiger charge is -2.26. The summed E-state index contributed by atoms with van der Waals surface area (Å²) in [5, 5.41) is 7.16. The summed E-state index contributed by atoms with van der Waals surface area (Å²) in [6.45, 7) is 6.94. The quantitative estimate of drug-likeness (QED) is 0.156. The topological polar surface area (TPSA) is 23.5 Å². The second kappa shape index (κ2) is 13.8. The number of para-hydroxylation sites is 4. The fourth-order valence-electron chi connectivity index (χ4n) is 10.5. The highest BCUT2D eigenvalue weighted by molar-refractivity contribution is 6.13. The summed E-state index contributed by atoms with van der Waals surface area (Å²) < 4.78 is 9.31. The molecule has 4 nitrogen and oxygen atoms in total. The van der Waals surface area contributed by atoms with Gasteiger partial charge in [0.2, 0.25) is 11.7 Å². The molecule has 0 bridgehead atoms. The maximum atomic E-state index is 6.78. The van der Waals surface area contributed by atoms with Gasteiger partial charge in [0.05, 0.1) is 5.56 Å². The van der Waals surface area contributed by atoms with Crippen LogP contribution in [0.25, 0.3) is 65.9 Å². The third kappa shape index (κ3) is 5.58. The van der Waals surface area contributed by atoms with Gasteiger partial charge in [0.15, 0.2) is 6.20 Å². The normalized spacial score (nSPS) is 13.7. The third-order valence-corrected chi connectivity index (χ3v) is 13.6. The Bertz CT molecular complexity index is 3570. The van der Waals surface area contributed by atoms with Crippen molar-refractivity contribution in [2.75, 3.05) is 9.80 Å². The van der Waals surface area contributed by atoms with Gasteiger partial charge in [0.1, 0.15) is 11.2 Å². The van der Waals surface area contributed by atoms with Gasteiger partial charge in [-0.3, -0.25) is 0 Å². The number of benzene rings is 9. The Morgan fingerprint density at radius 2 is 0.984 bits per heavy atom. The van der Waals surface area contributed by atoms with Crippen molar-refractivity contribution < 1.29 is 8.98 Å². The first-order valence-electron chi connectivity index (χ1n) is 22.3. The Kier molecular flexibility index (Phi) is 7.90. The first kappa shape index (κ1) is 36.7. The van der Waals surface area contributed by atoms with Crippen LogP contribution in [-0.4, -0.2) is 0 Å². The number of nitrogens with zero attached hydrogens (tertiary/aromatic N) is 3. The molecule has 0 N–H and O–H groups in total. The van der Waals surface area contributed by atoms with Crippen molar-refractivity contribution >= 4 is 77.6 Å². The van der Waals surface area contributed by atoms with Crippen molar-refractivity contribution in [3.63, 3.8) is 0 Å². The number of hydrogen-bond acceptors (Lipinski definition) is 3.